The standard InChI is InChI=1S/C12H10N6O3S/c1-21-6-2-3-7-8(4-6)22-12(16-7)17-11-9(18(19)20)10(13)14-5-15-11/h2-5H,1H3,(H3,13,14,15,16,17). The summed E-state index contributed by atoms with van der Waals surface area (Å²) in [5.74, 6) is 0.508. The minimum atomic E-state index is -0.631. The van der Waals surface area contributed by atoms with E-state index in [1.54, 1.807) is 19.2 Å². The van der Waals surface area contributed by atoms with Gasteiger partial charge in [-0.2, -0.15) is 0 Å². The second-order valence-corrected chi connectivity index (χ2v) is 5.22. The first-order chi connectivity index (χ1) is 10.6. The highest BCUT2D eigenvalue weighted by Crippen LogP contribution is 2.34. The molecule has 0 amide bonds. The maximum atomic E-state index is 11.1. The van der Waals surface area contributed by atoms with Gasteiger partial charge in [0.25, 0.3) is 0 Å². The molecule has 0 saturated carbocycles. The van der Waals surface area contributed by atoms with Crippen LogP contribution < -0.4 is 15.8 Å². The summed E-state index contributed by atoms with van der Waals surface area (Å²) < 4.78 is 6.03. The van der Waals surface area contributed by atoms with Gasteiger partial charge in [-0.05, 0) is 18.2 Å². The predicted octanol–water partition coefficient (Wildman–Crippen LogP) is 2.33. The van der Waals surface area contributed by atoms with E-state index in [1.165, 1.54) is 11.3 Å². The van der Waals surface area contributed by atoms with Crippen LogP contribution in [0.1, 0.15) is 0 Å². The lowest BCUT2D eigenvalue weighted by atomic mass is 10.3. The zero-order chi connectivity index (χ0) is 15.7. The van der Waals surface area contributed by atoms with Crippen molar-refractivity contribution in [1.82, 2.24) is 15.0 Å². The highest BCUT2D eigenvalue weighted by molar-refractivity contribution is 7.22. The number of rotatable bonds is 4. The Labute approximate surface area is 127 Å². The maximum absolute atomic E-state index is 11.1. The van der Waals surface area contributed by atoms with Crippen LogP contribution in [-0.2, 0) is 0 Å². The number of anilines is 3. The Balaban J connectivity index is 2.00. The Kier molecular flexibility index (Phi) is 3.43. The summed E-state index contributed by atoms with van der Waals surface area (Å²) in [5, 5.41) is 14.3. The number of hydrogen-bond acceptors (Lipinski definition) is 9. The SMILES string of the molecule is COc1ccc2nc(Nc3ncnc(N)c3[N+](=O)[O-])sc2c1. The average molecular weight is 318 g/mol. The summed E-state index contributed by atoms with van der Waals surface area (Å²) in [4.78, 5) is 22.2. The van der Waals surface area contributed by atoms with Crippen molar-refractivity contribution in [1.29, 1.82) is 0 Å². The van der Waals surface area contributed by atoms with Crippen molar-refractivity contribution in [3.05, 3.63) is 34.6 Å². The van der Waals surface area contributed by atoms with Gasteiger partial charge in [0.1, 0.15) is 12.1 Å². The highest BCUT2D eigenvalue weighted by atomic mass is 32.1. The highest BCUT2D eigenvalue weighted by Gasteiger charge is 2.21. The van der Waals surface area contributed by atoms with E-state index in [2.05, 4.69) is 20.3 Å². The summed E-state index contributed by atoms with van der Waals surface area (Å²) >= 11 is 1.32. The van der Waals surface area contributed by atoms with Crippen molar-refractivity contribution in [3.63, 3.8) is 0 Å². The molecule has 3 N–H and O–H groups in total. The third-order valence-corrected chi connectivity index (χ3v) is 3.79. The summed E-state index contributed by atoms with van der Waals surface area (Å²) in [6.45, 7) is 0. The molecule has 0 unspecified atom stereocenters. The molecule has 0 bridgehead atoms. The number of fused-ring (bicyclic) bond motifs is 1. The molecule has 22 heavy (non-hydrogen) atoms. The van der Waals surface area contributed by atoms with Crippen molar-refractivity contribution in [2.24, 2.45) is 0 Å². The summed E-state index contributed by atoms with van der Waals surface area (Å²) in [6.07, 6.45) is 1.15. The predicted molar refractivity (Wildman–Crippen MR) is 82.6 cm³/mol. The van der Waals surface area contributed by atoms with Crippen LogP contribution in [0.5, 0.6) is 5.75 Å². The van der Waals surface area contributed by atoms with Gasteiger partial charge in [-0.15, -0.1) is 0 Å². The van der Waals surface area contributed by atoms with Crippen molar-refractivity contribution < 1.29 is 9.66 Å². The molecule has 0 fully saturated rings. The Morgan fingerprint density at radius 1 is 1.41 bits per heavy atom. The molecular formula is C12H10N6O3S. The van der Waals surface area contributed by atoms with Crippen LogP contribution in [0.3, 0.4) is 0 Å². The number of nitro groups is 1. The topological polar surface area (TPSA) is 129 Å². The number of nitrogens with one attached hydrogen (secondary N) is 1. The van der Waals surface area contributed by atoms with Crippen molar-refractivity contribution in [3.8, 4) is 5.75 Å². The molecule has 10 heteroatoms. The lowest BCUT2D eigenvalue weighted by Crippen LogP contribution is -2.04. The Morgan fingerprint density at radius 3 is 2.95 bits per heavy atom. The molecule has 0 atom stereocenters. The van der Waals surface area contributed by atoms with E-state index in [0.29, 0.717) is 10.9 Å². The smallest absolute Gasteiger partial charge is 0.353 e. The summed E-state index contributed by atoms with van der Waals surface area (Å²) in [5.41, 5.74) is 5.90. The number of methoxy groups -OCH3 is 1. The van der Waals surface area contributed by atoms with Crippen LogP contribution in [0.15, 0.2) is 24.5 Å². The first-order valence-corrected chi connectivity index (χ1v) is 6.86. The van der Waals surface area contributed by atoms with Gasteiger partial charge >= 0.3 is 5.69 Å². The van der Waals surface area contributed by atoms with E-state index >= 15 is 0 Å². The molecule has 0 aliphatic heterocycles. The molecule has 3 rings (SSSR count). The van der Waals surface area contributed by atoms with Gasteiger partial charge in [0.05, 0.1) is 22.2 Å². The fourth-order valence-electron chi connectivity index (χ4n) is 1.85. The third-order valence-electron chi connectivity index (χ3n) is 2.85. The largest absolute Gasteiger partial charge is 0.497 e. The molecule has 0 radical (unpaired) electrons. The molecule has 1 aromatic carbocycles. The van der Waals surface area contributed by atoms with Crippen LogP contribution in [0.25, 0.3) is 10.2 Å². The minimum Gasteiger partial charge on any atom is -0.497 e. The lowest BCUT2D eigenvalue weighted by molar-refractivity contribution is -0.383. The number of ether oxygens (including phenoxy) is 1. The fourth-order valence-corrected chi connectivity index (χ4v) is 2.74. The fraction of sp³-hybridized carbons (Fsp3) is 0.0833. The molecule has 2 heterocycles. The first kappa shape index (κ1) is 13.9. The normalized spacial score (nSPS) is 10.6. The van der Waals surface area contributed by atoms with E-state index < -0.39 is 4.92 Å². The van der Waals surface area contributed by atoms with E-state index in [0.717, 1.165) is 16.5 Å². The number of benzene rings is 1. The maximum Gasteiger partial charge on any atom is 0.353 e. The lowest BCUT2D eigenvalue weighted by Gasteiger charge is -2.03. The van der Waals surface area contributed by atoms with Crippen molar-refractivity contribution in [2.75, 3.05) is 18.2 Å². The first-order valence-electron chi connectivity index (χ1n) is 6.05. The molecule has 9 nitrogen and oxygen atoms in total. The second-order valence-electron chi connectivity index (χ2n) is 4.19. The van der Waals surface area contributed by atoms with Crippen LogP contribution in [0.2, 0.25) is 0 Å². The van der Waals surface area contributed by atoms with Crippen molar-refractivity contribution >= 4 is 44.0 Å². The van der Waals surface area contributed by atoms with Gasteiger partial charge in [0.15, 0.2) is 5.13 Å². The van der Waals surface area contributed by atoms with Crippen LogP contribution >= 0.6 is 11.3 Å². The molecule has 0 spiro atoms. The molecule has 0 saturated heterocycles. The molecule has 3 aromatic rings. The van der Waals surface area contributed by atoms with Gasteiger partial charge in [0, 0.05) is 0 Å². The Morgan fingerprint density at radius 2 is 2.23 bits per heavy atom. The Bertz CT molecular complexity index is 865. The minimum absolute atomic E-state index is 0.00326. The monoisotopic (exact) mass is 318 g/mol. The zero-order valence-electron chi connectivity index (χ0n) is 11.3. The van der Waals surface area contributed by atoms with Gasteiger partial charge in [0.2, 0.25) is 11.6 Å². The third kappa shape index (κ3) is 2.46. The van der Waals surface area contributed by atoms with E-state index in [4.69, 9.17) is 10.5 Å². The molecular weight excluding hydrogens is 308 g/mol. The summed E-state index contributed by atoms with van der Waals surface area (Å²) in [7, 11) is 1.58. The zero-order valence-corrected chi connectivity index (χ0v) is 12.1. The van der Waals surface area contributed by atoms with Crippen LogP contribution in [0, 0.1) is 10.1 Å². The van der Waals surface area contributed by atoms with Gasteiger partial charge in [-0.1, -0.05) is 11.3 Å². The molecule has 2 aromatic heterocycles. The average Bonchev–Trinajstić information content (AvgIpc) is 2.87. The molecule has 0 aliphatic carbocycles. The second kappa shape index (κ2) is 5.41. The summed E-state index contributed by atoms with van der Waals surface area (Å²) in [6, 6.07) is 5.43. The quantitative estimate of drug-likeness (QED) is 0.554. The number of nitrogen functional groups attached to an aromatic ring is 1. The number of thiazole rings is 1. The number of nitrogens with two attached hydrogens (primary N) is 1. The van der Waals surface area contributed by atoms with E-state index in [1.807, 2.05) is 6.07 Å². The Hall–Kier alpha value is -3.01. The number of hydrogen-bond donors (Lipinski definition) is 2. The molecule has 112 valence electrons. The van der Waals surface area contributed by atoms with E-state index in [-0.39, 0.29) is 17.3 Å². The van der Waals surface area contributed by atoms with Crippen LogP contribution in [0.4, 0.5) is 22.5 Å². The van der Waals surface area contributed by atoms with Crippen molar-refractivity contribution in [2.45, 2.75) is 0 Å². The van der Waals surface area contributed by atoms with Gasteiger partial charge in [-0.25, -0.2) is 15.0 Å². The van der Waals surface area contributed by atoms with E-state index in [9.17, 15) is 10.1 Å². The van der Waals surface area contributed by atoms with Gasteiger partial charge < -0.3 is 15.8 Å². The van der Waals surface area contributed by atoms with Gasteiger partial charge in [-0.3, -0.25) is 10.1 Å². The molecule has 0 aliphatic rings. The van der Waals surface area contributed by atoms with Crippen LogP contribution in [-0.4, -0.2) is 27.0 Å². The number of aromatic nitrogens is 3. The number of nitrogens with zero attached hydrogens (tertiary/aromatic N) is 4.